The van der Waals surface area contributed by atoms with E-state index in [0.717, 1.165) is 25.1 Å². The van der Waals surface area contributed by atoms with E-state index < -0.39 is 152 Å². The topological polar surface area (TPSA) is 294 Å². The lowest BCUT2D eigenvalue weighted by Crippen LogP contribution is -2.54. The van der Waals surface area contributed by atoms with E-state index in [4.69, 9.17) is 10.2 Å². The van der Waals surface area contributed by atoms with E-state index in [9.17, 15) is 78.7 Å². The van der Waals surface area contributed by atoms with Gasteiger partial charge in [-0.25, -0.2) is 22.5 Å². The Morgan fingerprint density at radius 3 is 1.60 bits per heavy atom. The van der Waals surface area contributed by atoms with Crippen LogP contribution < -0.4 is 21.3 Å². The summed E-state index contributed by atoms with van der Waals surface area (Å²) in [5.41, 5.74) is -0.127. The number of carboxylic acid groups (broad SMARTS) is 2. The van der Waals surface area contributed by atoms with Crippen LogP contribution in [0.3, 0.4) is 0 Å². The van der Waals surface area contributed by atoms with Crippen LogP contribution >= 0.6 is 0 Å². The van der Waals surface area contributed by atoms with Gasteiger partial charge in [-0.1, -0.05) is 6.07 Å². The fourth-order valence-electron chi connectivity index (χ4n) is 6.86. The number of carbonyl (C=O) groups is 10. The zero-order chi connectivity index (χ0) is 50.2. The standard InChI is InChI=1S/C20H20F5N3O6.C20H21F2N5O6/c1-10(26-16(32)11-3-2-4-12(5-11)20(23,24)25)18(34)28-9-19(21,22)7-14(28)17(33)27-13(8-29)6-15(30)31;1-10(25-17(31)11-2-3-13-14(4-11)24-9-23-13)19(33)27-8-20(21,22)6-15(27)18(32)26-12(7-28)5-16(29)30/h2-5,8,10,13-14H,6-7,9H2,1H3,(H,26,32)(H,27,33)(H,30,31);2-4,7,9-10,12,15H,5-6,8H2,1H3,(H,23,24)(H,25,31)(H,26,32)(H,29,30)/t10-,13-,14-;10-,12-,15-/m00/s1. The van der Waals surface area contributed by atoms with Crippen molar-refractivity contribution in [1.82, 2.24) is 41.0 Å². The van der Waals surface area contributed by atoms with Gasteiger partial charge in [0.1, 0.15) is 36.7 Å². The van der Waals surface area contributed by atoms with Crippen molar-refractivity contribution < 1.29 is 88.9 Å². The second-order valence-corrected chi connectivity index (χ2v) is 15.4. The van der Waals surface area contributed by atoms with Crippen molar-refractivity contribution in [3.63, 3.8) is 0 Å². The van der Waals surface area contributed by atoms with Crippen LogP contribution in [0.4, 0.5) is 30.7 Å². The molecule has 2 aliphatic heterocycles. The van der Waals surface area contributed by atoms with Gasteiger partial charge in [-0.3, -0.25) is 38.4 Å². The molecule has 7 N–H and O–H groups in total. The minimum absolute atomic E-state index is 0.100. The number of carbonyl (C=O) groups excluding carboxylic acids is 8. The highest BCUT2D eigenvalue weighted by Gasteiger charge is 2.52. The number of nitrogens with zero attached hydrogens (tertiary/aromatic N) is 3. The summed E-state index contributed by atoms with van der Waals surface area (Å²) in [6.07, 6.45) is -6.66. The summed E-state index contributed by atoms with van der Waals surface area (Å²) in [5, 5.41) is 26.1. The first kappa shape index (κ1) is 52.1. The average molecular weight is 959 g/mol. The van der Waals surface area contributed by atoms with E-state index in [2.05, 4.69) is 25.9 Å². The van der Waals surface area contributed by atoms with Crippen LogP contribution in [0, 0.1) is 0 Å². The van der Waals surface area contributed by atoms with Gasteiger partial charge in [-0.2, -0.15) is 13.2 Å². The molecule has 5 rings (SSSR count). The van der Waals surface area contributed by atoms with Gasteiger partial charge < -0.3 is 55.9 Å². The van der Waals surface area contributed by atoms with Crippen molar-refractivity contribution in [1.29, 1.82) is 0 Å². The Bertz CT molecular complexity index is 2420. The van der Waals surface area contributed by atoms with Crippen LogP contribution in [-0.2, 0) is 44.5 Å². The third kappa shape index (κ3) is 14.0. The highest BCUT2D eigenvalue weighted by molar-refractivity contribution is 6.01. The minimum atomic E-state index is -4.72. The fraction of sp³-hybridized carbons (Fsp3) is 0.425. The number of benzene rings is 2. The molecule has 3 heterocycles. The monoisotopic (exact) mass is 958 g/mol. The zero-order valence-corrected chi connectivity index (χ0v) is 34.9. The van der Waals surface area contributed by atoms with Gasteiger partial charge >= 0.3 is 18.1 Å². The lowest BCUT2D eigenvalue weighted by Gasteiger charge is -2.27. The van der Waals surface area contributed by atoms with Gasteiger partial charge in [0.05, 0.1) is 60.9 Å². The first-order valence-corrected chi connectivity index (χ1v) is 19.7. The van der Waals surface area contributed by atoms with Crippen molar-refractivity contribution >= 4 is 71.0 Å². The number of fused-ring (bicyclic) bond motifs is 1. The summed E-state index contributed by atoms with van der Waals surface area (Å²) in [6, 6.07) is -1.21. The van der Waals surface area contributed by atoms with Gasteiger partial charge in [0.15, 0.2) is 0 Å². The van der Waals surface area contributed by atoms with E-state index in [-0.39, 0.29) is 18.1 Å². The third-order valence-corrected chi connectivity index (χ3v) is 10.1. The lowest BCUT2D eigenvalue weighted by molar-refractivity contribution is -0.142. The van der Waals surface area contributed by atoms with Gasteiger partial charge in [0.25, 0.3) is 23.7 Å². The van der Waals surface area contributed by atoms with Gasteiger partial charge in [-0.15, -0.1) is 0 Å². The number of hydrogen-bond donors (Lipinski definition) is 7. The average Bonchev–Trinajstić information content (AvgIpc) is 3.95. The van der Waals surface area contributed by atoms with Crippen LogP contribution in [0.5, 0.6) is 0 Å². The maximum Gasteiger partial charge on any atom is 0.416 e. The highest BCUT2D eigenvalue weighted by Crippen LogP contribution is 2.34. The lowest BCUT2D eigenvalue weighted by atomic mass is 10.1. The summed E-state index contributed by atoms with van der Waals surface area (Å²) in [7, 11) is 0. The van der Waals surface area contributed by atoms with Crippen molar-refractivity contribution in [3.8, 4) is 0 Å². The number of imidazole rings is 1. The largest absolute Gasteiger partial charge is 0.481 e. The molecule has 0 aliphatic carbocycles. The molecule has 0 unspecified atom stereocenters. The Kier molecular flexibility index (Phi) is 16.5. The molecule has 0 bridgehead atoms. The maximum atomic E-state index is 14.1. The van der Waals surface area contributed by atoms with E-state index in [1.807, 2.05) is 5.32 Å². The fourth-order valence-corrected chi connectivity index (χ4v) is 6.86. The van der Waals surface area contributed by atoms with E-state index in [1.54, 1.807) is 6.07 Å². The van der Waals surface area contributed by atoms with Crippen molar-refractivity contribution in [2.24, 2.45) is 0 Å². The number of aromatic amines is 1. The number of nitrogens with one attached hydrogen (secondary N) is 5. The molecule has 2 saturated heterocycles. The number of halogens is 7. The van der Waals surface area contributed by atoms with Crippen molar-refractivity contribution in [2.75, 3.05) is 13.1 Å². The number of aromatic nitrogens is 2. The molecule has 0 saturated carbocycles. The van der Waals surface area contributed by atoms with Gasteiger partial charge in [-0.05, 0) is 50.2 Å². The predicted octanol–water partition coefficient (Wildman–Crippen LogP) is 1.29. The third-order valence-electron chi connectivity index (χ3n) is 10.1. The number of H-pyrrole nitrogens is 1. The Hall–Kier alpha value is -7.48. The molecule has 2 aromatic carbocycles. The van der Waals surface area contributed by atoms with Gasteiger partial charge in [0, 0.05) is 24.0 Å². The number of aliphatic carboxylic acids is 2. The summed E-state index contributed by atoms with van der Waals surface area (Å²) < 4.78 is 94.7. The van der Waals surface area contributed by atoms with Crippen molar-refractivity contribution in [3.05, 3.63) is 65.5 Å². The van der Waals surface area contributed by atoms with Gasteiger partial charge in [0.2, 0.25) is 23.6 Å². The second-order valence-electron chi connectivity index (χ2n) is 15.4. The normalized spacial score (nSPS) is 19.1. The van der Waals surface area contributed by atoms with Crippen LogP contribution in [0.2, 0.25) is 0 Å². The number of likely N-dealkylation sites (tertiary alicyclic amines) is 2. The molecule has 362 valence electrons. The second kappa shape index (κ2) is 21.2. The van der Waals surface area contributed by atoms with Crippen LogP contribution in [0.15, 0.2) is 48.8 Å². The smallest absolute Gasteiger partial charge is 0.416 e. The molecule has 6 amide bonds. The summed E-state index contributed by atoms with van der Waals surface area (Å²) in [4.78, 5) is 127. The van der Waals surface area contributed by atoms with Crippen LogP contribution in [0.1, 0.15) is 65.8 Å². The molecule has 27 heteroatoms. The SMILES string of the molecule is C[C@H](NC(=O)c1ccc2nc[nH]c2c1)C(=O)N1CC(F)(F)C[C@H]1C(=O)N[C@H](C=O)CC(=O)O.C[C@H](NC(=O)c1cccc(C(F)(F)F)c1)C(=O)N1CC(F)(F)C[C@H]1C(=O)N[C@H](C=O)CC(=O)O. The predicted molar refractivity (Wildman–Crippen MR) is 212 cm³/mol. The van der Waals surface area contributed by atoms with Crippen LogP contribution in [-0.4, -0.2) is 151 Å². The number of carboxylic acids is 2. The summed E-state index contributed by atoms with van der Waals surface area (Å²) >= 11 is 0. The Labute approximate surface area is 373 Å². The Morgan fingerprint density at radius 2 is 1.18 bits per heavy atom. The number of alkyl halides is 7. The highest BCUT2D eigenvalue weighted by atomic mass is 19.4. The Balaban J connectivity index is 0.000000293. The molecule has 1 aromatic heterocycles. The molecular weight excluding hydrogens is 917 g/mol. The summed E-state index contributed by atoms with van der Waals surface area (Å²) in [5.74, 6) is -15.7. The molecular formula is C40H41F7N8O12. The van der Waals surface area contributed by atoms with E-state index in [1.165, 1.54) is 25.4 Å². The quantitative estimate of drug-likeness (QED) is 0.0788. The molecule has 2 fully saturated rings. The maximum absolute atomic E-state index is 14.1. The minimum Gasteiger partial charge on any atom is -0.481 e. The molecule has 3 aromatic rings. The Morgan fingerprint density at radius 1 is 0.731 bits per heavy atom. The first-order valence-electron chi connectivity index (χ1n) is 19.7. The summed E-state index contributed by atoms with van der Waals surface area (Å²) in [6.45, 7) is 0.129. The molecule has 0 radical (unpaired) electrons. The number of amides is 6. The van der Waals surface area contributed by atoms with E-state index in [0.29, 0.717) is 26.9 Å². The number of aldehydes is 2. The molecule has 6 atom stereocenters. The first-order chi connectivity index (χ1) is 31.1. The van der Waals surface area contributed by atoms with Crippen LogP contribution in [0.25, 0.3) is 11.0 Å². The van der Waals surface area contributed by atoms with Crippen molar-refractivity contribution in [2.45, 2.75) is 93.8 Å². The number of rotatable bonds is 16. The van der Waals surface area contributed by atoms with E-state index >= 15 is 0 Å². The zero-order valence-electron chi connectivity index (χ0n) is 34.9. The molecule has 20 nitrogen and oxygen atoms in total. The number of hydrogen-bond acceptors (Lipinski definition) is 11. The molecule has 2 aliphatic rings. The molecule has 0 spiro atoms. The molecule has 67 heavy (non-hydrogen) atoms.